The Bertz CT molecular complexity index is 515. The van der Waals surface area contributed by atoms with Crippen molar-refractivity contribution >= 4 is 11.9 Å². The van der Waals surface area contributed by atoms with Crippen molar-refractivity contribution in [2.45, 2.75) is 12.8 Å². The number of aliphatic carboxylic acids is 1. The van der Waals surface area contributed by atoms with Gasteiger partial charge in [0.2, 0.25) is 0 Å². The molecular formula is C16H21NO5. The third-order valence-electron chi connectivity index (χ3n) is 3.91. The standard InChI is InChI=1S/C16H21NO5/c1-21-12-16(15(19)20)8-5-9-17(11-16)14(18)10-22-13-6-3-2-4-7-13/h2-4,6-7H,5,8-12H2,1H3,(H,19,20). The number of piperidine rings is 1. The van der Waals surface area contributed by atoms with E-state index in [0.717, 1.165) is 0 Å². The lowest BCUT2D eigenvalue weighted by atomic mass is 9.80. The highest BCUT2D eigenvalue weighted by Gasteiger charge is 2.43. The summed E-state index contributed by atoms with van der Waals surface area (Å²) in [6.45, 7) is 0.723. The van der Waals surface area contributed by atoms with Crippen LogP contribution in [-0.2, 0) is 14.3 Å². The molecule has 6 heteroatoms. The molecule has 1 aliphatic rings. The van der Waals surface area contributed by atoms with Crippen LogP contribution < -0.4 is 4.74 Å². The van der Waals surface area contributed by atoms with Gasteiger partial charge in [-0.15, -0.1) is 0 Å². The SMILES string of the molecule is COCC1(C(=O)O)CCCN(C(=O)COc2ccccc2)C1. The Morgan fingerprint density at radius 3 is 2.68 bits per heavy atom. The van der Waals surface area contributed by atoms with Crippen LogP contribution in [0.3, 0.4) is 0 Å². The minimum absolute atomic E-state index is 0.0906. The summed E-state index contributed by atoms with van der Waals surface area (Å²) in [6.07, 6.45) is 1.16. The lowest BCUT2D eigenvalue weighted by molar-refractivity contribution is -0.159. The van der Waals surface area contributed by atoms with Gasteiger partial charge in [0.1, 0.15) is 11.2 Å². The Hall–Kier alpha value is -2.08. The maximum absolute atomic E-state index is 12.3. The molecule has 1 unspecified atom stereocenters. The molecule has 1 fully saturated rings. The Morgan fingerprint density at radius 1 is 1.32 bits per heavy atom. The van der Waals surface area contributed by atoms with Gasteiger partial charge in [0, 0.05) is 20.2 Å². The van der Waals surface area contributed by atoms with Gasteiger partial charge < -0.3 is 19.5 Å². The van der Waals surface area contributed by atoms with Crippen molar-refractivity contribution in [2.75, 3.05) is 33.4 Å². The number of amides is 1. The van der Waals surface area contributed by atoms with Gasteiger partial charge in [0.25, 0.3) is 5.91 Å². The van der Waals surface area contributed by atoms with E-state index in [0.29, 0.717) is 25.1 Å². The third kappa shape index (κ3) is 3.76. The van der Waals surface area contributed by atoms with Crippen LogP contribution in [0.1, 0.15) is 12.8 Å². The molecule has 1 amide bonds. The molecule has 1 heterocycles. The fourth-order valence-electron chi connectivity index (χ4n) is 2.73. The molecule has 0 aromatic heterocycles. The average molecular weight is 307 g/mol. The molecule has 1 aromatic carbocycles. The van der Waals surface area contributed by atoms with E-state index in [1.807, 2.05) is 18.2 Å². The van der Waals surface area contributed by atoms with E-state index in [9.17, 15) is 14.7 Å². The smallest absolute Gasteiger partial charge is 0.313 e. The predicted octanol–water partition coefficient (Wildman–Crippen LogP) is 1.41. The van der Waals surface area contributed by atoms with E-state index in [1.165, 1.54) is 7.11 Å². The first kappa shape index (κ1) is 16.3. The Labute approximate surface area is 129 Å². The molecule has 0 saturated carbocycles. The van der Waals surface area contributed by atoms with Crippen molar-refractivity contribution in [1.29, 1.82) is 0 Å². The van der Waals surface area contributed by atoms with Gasteiger partial charge in [-0.25, -0.2) is 0 Å². The van der Waals surface area contributed by atoms with Crippen molar-refractivity contribution in [3.8, 4) is 5.75 Å². The highest BCUT2D eigenvalue weighted by molar-refractivity contribution is 5.80. The van der Waals surface area contributed by atoms with Crippen molar-refractivity contribution in [2.24, 2.45) is 5.41 Å². The Balaban J connectivity index is 1.96. The normalized spacial score (nSPS) is 21.4. The zero-order valence-corrected chi connectivity index (χ0v) is 12.7. The number of carbonyl (C=O) groups is 2. The molecule has 6 nitrogen and oxygen atoms in total. The molecule has 1 saturated heterocycles. The number of likely N-dealkylation sites (tertiary alicyclic amines) is 1. The summed E-state index contributed by atoms with van der Waals surface area (Å²) in [5.41, 5.74) is -1.02. The molecule has 0 bridgehead atoms. The van der Waals surface area contributed by atoms with E-state index >= 15 is 0 Å². The van der Waals surface area contributed by atoms with Crippen LogP contribution in [0.2, 0.25) is 0 Å². The molecule has 0 aliphatic carbocycles. The highest BCUT2D eigenvalue weighted by atomic mass is 16.5. The van der Waals surface area contributed by atoms with Crippen LogP contribution in [0, 0.1) is 5.41 Å². The van der Waals surface area contributed by atoms with Crippen LogP contribution >= 0.6 is 0 Å². The first-order valence-electron chi connectivity index (χ1n) is 7.25. The minimum Gasteiger partial charge on any atom is -0.484 e. The van der Waals surface area contributed by atoms with Gasteiger partial charge in [-0.2, -0.15) is 0 Å². The molecule has 0 spiro atoms. The van der Waals surface area contributed by atoms with E-state index in [1.54, 1.807) is 17.0 Å². The summed E-state index contributed by atoms with van der Waals surface area (Å²) in [5, 5.41) is 9.48. The summed E-state index contributed by atoms with van der Waals surface area (Å²) >= 11 is 0. The number of hydrogen-bond donors (Lipinski definition) is 1. The Morgan fingerprint density at radius 2 is 2.05 bits per heavy atom. The van der Waals surface area contributed by atoms with Gasteiger partial charge >= 0.3 is 5.97 Å². The van der Waals surface area contributed by atoms with Crippen LogP contribution in [0.15, 0.2) is 30.3 Å². The van der Waals surface area contributed by atoms with Crippen molar-refractivity contribution in [3.63, 3.8) is 0 Å². The molecule has 1 aromatic rings. The molecule has 1 atom stereocenters. The minimum atomic E-state index is -1.02. The number of nitrogens with zero attached hydrogens (tertiary/aromatic N) is 1. The van der Waals surface area contributed by atoms with Crippen LogP contribution in [0.5, 0.6) is 5.75 Å². The summed E-state index contributed by atoms with van der Waals surface area (Å²) in [7, 11) is 1.48. The second-order valence-corrected chi connectivity index (χ2v) is 5.54. The molecule has 1 N–H and O–H groups in total. The number of carboxylic acid groups (broad SMARTS) is 1. The molecular weight excluding hydrogens is 286 g/mol. The van der Waals surface area contributed by atoms with Crippen molar-refractivity contribution in [3.05, 3.63) is 30.3 Å². The highest BCUT2D eigenvalue weighted by Crippen LogP contribution is 2.31. The maximum atomic E-state index is 12.3. The summed E-state index contributed by atoms with van der Waals surface area (Å²) in [6, 6.07) is 9.07. The second-order valence-electron chi connectivity index (χ2n) is 5.54. The second kappa shape index (κ2) is 7.26. The number of carboxylic acids is 1. The van der Waals surface area contributed by atoms with Crippen molar-refractivity contribution in [1.82, 2.24) is 4.90 Å². The first-order chi connectivity index (χ1) is 10.6. The predicted molar refractivity (Wildman–Crippen MR) is 79.7 cm³/mol. The van der Waals surface area contributed by atoms with E-state index in [2.05, 4.69) is 0 Å². The van der Waals surface area contributed by atoms with Crippen LogP contribution in [0.25, 0.3) is 0 Å². The average Bonchev–Trinajstić information content (AvgIpc) is 2.54. The zero-order chi connectivity index (χ0) is 16.0. The maximum Gasteiger partial charge on any atom is 0.313 e. The lowest BCUT2D eigenvalue weighted by Gasteiger charge is -2.39. The number of carbonyl (C=O) groups excluding carboxylic acids is 1. The third-order valence-corrected chi connectivity index (χ3v) is 3.91. The summed E-state index contributed by atoms with van der Waals surface area (Å²) in [5.74, 6) is -0.504. The van der Waals surface area contributed by atoms with Gasteiger partial charge in [-0.1, -0.05) is 18.2 Å². The number of benzene rings is 1. The summed E-state index contributed by atoms with van der Waals surface area (Å²) in [4.78, 5) is 25.4. The van der Waals surface area contributed by atoms with Crippen LogP contribution in [0.4, 0.5) is 0 Å². The molecule has 22 heavy (non-hydrogen) atoms. The molecule has 0 radical (unpaired) electrons. The number of rotatable bonds is 6. The van der Waals surface area contributed by atoms with Gasteiger partial charge in [0.15, 0.2) is 6.61 Å². The van der Waals surface area contributed by atoms with Crippen LogP contribution in [-0.4, -0.2) is 55.3 Å². The van der Waals surface area contributed by atoms with E-state index in [-0.39, 0.29) is 25.7 Å². The summed E-state index contributed by atoms with van der Waals surface area (Å²) < 4.78 is 10.5. The molecule has 1 aliphatic heterocycles. The van der Waals surface area contributed by atoms with Gasteiger partial charge in [-0.05, 0) is 25.0 Å². The van der Waals surface area contributed by atoms with Gasteiger partial charge in [0.05, 0.1) is 6.61 Å². The van der Waals surface area contributed by atoms with E-state index < -0.39 is 11.4 Å². The quantitative estimate of drug-likeness (QED) is 0.860. The van der Waals surface area contributed by atoms with Crippen molar-refractivity contribution < 1.29 is 24.2 Å². The zero-order valence-electron chi connectivity index (χ0n) is 12.7. The molecule has 120 valence electrons. The van der Waals surface area contributed by atoms with E-state index in [4.69, 9.17) is 9.47 Å². The van der Waals surface area contributed by atoms with Gasteiger partial charge in [-0.3, -0.25) is 9.59 Å². The topological polar surface area (TPSA) is 76.1 Å². The molecule has 2 rings (SSSR count). The number of para-hydroxylation sites is 1. The monoisotopic (exact) mass is 307 g/mol. The Kier molecular flexibility index (Phi) is 5.38. The fourth-order valence-corrected chi connectivity index (χ4v) is 2.73. The number of hydrogen-bond acceptors (Lipinski definition) is 4. The fraction of sp³-hybridized carbons (Fsp3) is 0.500. The lowest BCUT2D eigenvalue weighted by Crippen LogP contribution is -2.53. The largest absolute Gasteiger partial charge is 0.484 e. The first-order valence-corrected chi connectivity index (χ1v) is 7.25. The number of methoxy groups -OCH3 is 1. The number of ether oxygens (including phenoxy) is 2.